The molecule has 0 unspecified atom stereocenters. The number of nitrogens with one attached hydrogen (secondary N) is 1. The van der Waals surface area contributed by atoms with E-state index in [4.69, 9.17) is 4.74 Å². The number of benzene rings is 1. The van der Waals surface area contributed by atoms with Gasteiger partial charge in [-0.15, -0.1) is 11.3 Å². The zero-order chi connectivity index (χ0) is 19.2. The van der Waals surface area contributed by atoms with Gasteiger partial charge in [-0.05, 0) is 43.2 Å². The van der Waals surface area contributed by atoms with Gasteiger partial charge < -0.3 is 14.6 Å². The molecule has 1 N–H and O–H groups in total. The van der Waals surface area contributed by atoms with E-state index in [2.05, 4.69) is 50.2 Å². The highest BCUT2D eigenvalue weighted by Crippen LogP contribution is 2.23. The summed E-state index contributed by atoms with van der Waals surface area (Å²) in [5.74, 6) is 1.36. The third kappa shape index (κ3) is 4.75. The maximum absolute atomic E-state index is 5.89. The van der Waals surface area contributed by atoms with Crippen molar-refractivity contribution in [2.45, 2.75) is 19.9 Å². The fraction of sp³-hybridized carbons (Fsp3) is 0.190. The van der Waals surface area contributed by atoms with Crippen molar-refractivity contribution in [3.05, 3.63) is 72.1 Å². The average Bonchev–Trinajstić information content (AvgIpc) is 3.38. The highest BCUT2D eigenvalue weighted by molar-refractivity contribution is 7.13. The maximum Gasteiger partial charge on any atom is 0.227 e. The van der Waals surface area contributed by atoms with Gasteiger partial charge in [0.05, 0.1) is 6.61 Å². The molecule has 3 aromatic heterocycles. The lowest BCUT2D eigenvalue weighted by Crippen LogP contribution is -2.03. The number of ether oxygens (including phenoxy) is 1. The van der Waals surface area contributed by atoms with E-state index in [0.717, 1.165) is 35.1 Å². The Morgan fingerprint density at radius 1 is 1.14 bits per heavy atom. The maximum atomic E-state index is 5.89. The van der Waals surface area contributed by atoms with Crippen LogP contribution in [0.4, 0.5) is 11.6 Å². The fourth-order valence-electron chi connectivity index (χ4n) is 2.82. The van der Waals surface area contributed by atoms with Crippen LogP contribution in [0.15, 0.2) is 66.6 Å². The summed E-state index contributed by atoms with van der Waals surface area (Å²) in [6, 6.07) is 11.8. The molecule has 142 valence electrons. The summed E-state index contributed by atoms with van der Waals surface area (Å²) in [6.07, 6.45) is 8.69. The van der Waals surface area contributed by atoms with Crippen molar-refractivity contribution in [2.24, 2.45) is 0 Å². The number of hydrogen-bond acceptors (Lipinski definition) is 6. The molecule has 0 spiro atoms. The van der Waals surface area contributed by atoms with Crippen LogP contribution >= 0.6 is 11.3 Å². The van der Waals surface area contributed by atoms with Crippen molar-refractivity contribution < 1.29 is 4.74 Å². The monoisotopic (exact) mass is 391 g/mol. The molecular weight excluding hydrogens is 370 g/mol. The zero-order valence-corrected chi connectivity index (χ0v) is 16.4. The third-order valence-corrected chi connectivity index (χ3v) is 4.92. The largest absolute Gasteiger partial charge is 0.493 e. The Morgan fingerprint density at radius 3 is 2.93 bits per heavy atom. The molecule has 4 aromatic rings. The number of aromatic nitrogens is 4. The van der Waals surface area contributed by atoms with Crippen LogP contribution in [0.3, 0.4) is 0 Å². The molecule has 0 bridgehead atoms. The Labute approximate surface area is 167 Å². The lowest BCUT2D eigenvalue weighted by Gasteiger charge is -2.10. The standard InChI is InChI=1S/C21H21N5OS/c1-16-7-11-26(15-16)10-3-12-27-18-5-2-4-17(14-18)24-21-23-8-6-19(25-21)20-22-9-13-28-20/h2,4-9,11,13-15H,3,10,12H2,1H3,(H,23,24,25). The quantitative estimate of drug-likeness (QED) is 0.432. The van der Waals surface area contributed by atoms with Gasteiger partial charge in [-0.2, -0.15) is 0 Å². The van der Waals surface area contributed by atoms with E-state index >= 15 is 0 Å². The Hall–Kier alpha value is -3.19. The molecule has 28 heavy (non-hydrogen) atoms. The van der Waals surface area contributed by atoms with Crippen LogP contribution in [0, 0.1) is 6.92 Å². The van der Waals surface area contributed by atoms with Crippen molar-refractivity contribution in [1.29, 1.82) is 0 Å². The van der Waals surface area contributed by atoms with Gasteiger partial charge >= 0.3 is 0 Å². The number of aryl methyl sites for hydroxylation is 2. The Bertz CT molecular complexity index is 1030. The molecule has 0 saturated heterocycles. The minimum Gasteiger partial charge on any atom is -0.493 e. The van der Waals surface area contributed by atoms with Crippen molar-refractivity contribution in [2.75, 3.05) is 11.9 Å². The van der Waals surface area contributed by atoms with E-state index in [1.807, 2.05) is 35.7 Å². The Kier molecular flexibility index (Phi) is 5.63. The molecule has 0 radical (unpaired) electrons. The second-order valence-corrected chi connectivity index (χ2v) is 7.28. The first-order valence-electron chi connectivity index (χ1n) is 9.11. The van der Waals surface area contributed by atoms with Gasteiger partial charge in [-0.3, -0.25) is 0 Å². The predicted octanol–water partition coefficient (Wildman–Crippen LogP) is 4.92. The van der Waals surface area contributed by atoms with Crippen LogP contribution in [0.5, 0.6) is 5.75 Å². The van der Waals surface area contributed by atoms with E-state index in [1.54, 1.807) is 23.7 Å². The van der Waals surface area contributed by atoms with Crippen LogP contribution < -0.4 is 10.1 Å². The predicted molar refractivity (Wildman–Crippen MR) is 112 cm³/mol. The summed E-state index contributed by atoms with van der Waals surface area (Å²) in [5, 5.41) is 6.04. The fourth-order valence-corrected chi connectivity index (χ4v) is 3.42. The zero-order valence-electron chi connectivity index (χ0n) is 15.6. The molecule has 0 fully saturated rings. The number of anilines is 2. The van der Waals surface area contributed by atoms with E-state index in [-0.39, 0.29) is 0 Å². The smallest absolute Gasteiger partial charge is 0.227 e. The average molecular weight is 392 g/mol. The highest BCUT2D eigenvalue weighted by atomic mass is 32.1. The second-order valence-electron chi connectivity index (χ2n) is 6.38. The molecule has 1 aromatic carbocycles. The molecule has 0 atom stereocenters. The molecule has 0 aliphatic rings. The third-order valence-electron chi connectivity index (χ3n) is 4.12. The molecule has 7 heteroatoms. The summed E-state index contributed by atoms with van der Waals surface area (Å²) in [5.41, 5.74) is 2.97. The van der Waals surface area contributed by atoms with Crippen molar-refractivity contribution in [3.8, 4) is 16.5 Å². The summed E-state index contributed by atoms with van der Waals surface area (Å²) in [4.78, 5) is 13.1. The molecule has 0 amide bonds. The van der Waals surface area contributed by atoms with Gasteiger partial charge in [-0.1, -0.05) is 6.07 Å². The first kappa shape index (κ1) is 18.2. The van der Waals surface area contributed by atoms with Crippen LogP contribution in [0.25, 0.3) is 10.7 Å². The van der Waals surface area contributed by atoms with Gasteiger partial charge in [0.1, 0.15) is 16.5 Å². The van der Waals surface area contributed by atoms with E-state index in [9.17, 15) is 0 Å². The van der Waals surface area contributed by atoms with Crippen LogP contribution in [0.1, 0.15) is 12.0 Å². The Balaban J connectivity index is 1.34. The number of thiazole rings is 1. The van der Waals surface area contributed by atoms with Gasteiger partial charge in [0.2, 0.25) is 5.95 Å². The highest BCUT2D eigenvalue weighted by Gasteiger charge is 2.05. The second kappa shape index (κ2) is 8.67. The first-order valence-corrected chi connectivity index (χ1v) is 9.99. The van der Waals surface area contributed by atoms with Gasteiger partial charge in [0.15, 0.2) is 0 Å². The van der Waals surface area contributed by atoms with Gasteiger partial charge in [-0.25, -0.2) is 15.0 Å². The minimum absolute atomic E-state index is 0.535. The van der Waals surface area contributed by atoms with Crippen molar-refractivity contribution >= 4 is 23.0 Å². The molecule has 6 nitrogen and oxygen atoms in total. The van der Waals surface area contributed by atoms with Gasteiger partial charge in [0, 0.05) is 48.5 Å². The minimum atomic E-state index is 0.535. The molecule has 0 aliphatic heterocycles. The number of nitrogens with zero attached hydrogens (tertiary/aromatic N) is 4. The molecule has 0 saturated carbocycles. The number of rotatable bonds is 8. The van der Waals surface area contributed by atoms with Crippen molar-refractivity contribution in [1.82, 2.24) is 19.5 Å². The lowest BCUT2D eigenvalue weighted by atomic mass is 10.3. The van der Waals surface area contributed by atoms with E-state index in [0.29, 0.717) is 12.6 Å². The normalized spacial score (nSPS) is 10.8. The van der Waals surface area contributed by atoms with Gasteiger partial charge in [0.25, 0.3) is 0 Å². The van der Waals surface area contributed by atoms with Crippen LogP contribution in [-0.4, -0.2) is 26.1 Å². The van der Waals surface area contributed by atoms with Crippen LogP contribution in [-0.2, 0) is 6.54 Å². The first-order chi connectivity index (χ1) is 13.8. The summed E-state index contributed by atoms with van der Waals surface area (Å²) in [6.45, 7) is 3.71. The van der Waals surface area contributed by atoms with Crippen molar-refractivity contribution in [3.63, 3.8) is 0 Å². The van der Waals surface area contributed by atoms with Crippen LogP contribution in [0.2, 0.25) is 0 Å². The summed E-state index contributed by atoms with van der Waals surface area (Å²) < 4.78 is 8.08. The molecule has 0 aliphatic carbocycles. The molecule has 4 rings (SSSR count). The number of hydrogen-bond donors (Lipinski definition) is 1. The molecular formula is C21H21N5OS. The topological polar surface area (TPSA) is 64.9 Å². The van der Waals surface area contributed by atoms with E-state index in [1.165, 1.54) is 5.56 Å². The molecule has 3 heterocycles. The summed E-state index contributed by atoms with van der Waals surface area (Å²) in [7, 11) is 0. The van der Waals surface area contributed by atoms with E-state index < -0.39 is 0 Å². The SMILES string of the molecule is Cc1ccn(CCCOc2cccc(Nc3nccc(-c4nccs4)n3)c2)c1. The summed E-state index contributed by atoms with van der Waals surface area (Å²) >= 11 is 1.55. The Morgan fingerprint density at radius 2 is 2.11 bits per heavy atom. The lowest BCUT2D eigenvalue weighted by molar-refractivity contribution is 0.302.